The van der Waals surface area contributed by atoms with Gasteiger partial charge in [0.25, 0.3) is 0 Å². The van der Waals surface area contributed by atoms with Crippen molar-refractivity contribution in [2.45, 2.75) is 31.4 Å². The molecule has 2 unspecified atom stereocenters. The molecule has 1 heterocycles. The summed E-state index contributed by atoms with van der Waals surface area (Å²) in [4.78, 5) is 2.19. The van der Waals surface area contributed by atoms with Crippen molar-refractivity contribution < 1.29 is 13.5 Å². The van der Waals surface area contributed by atoms with Crippen LogP contribution in [0, 0.1) is 11.6 Å². The van der Waals surface area contributed by atoms with Crippen molar-refractivity contribution in [3.05, 3.63) is 35.4 Å². The van der Waals surface area contributed by atoms with E-state index < -0.39 is 11.6 Å². The number of benzene rings is 1. The number of hydrogen-bond acceptors (Lipinski definition) is 3. The van der Waals surface area contributed by atoms with Gasteiger partial charge in [-0.25, -0.2) is 8.78 Å². The molecule has 0 aromatic heterocycles. The second-order valence-corrected chi connectivity index (χ2v) is 5.67. The van der Waals surface area contributed by atoms with Crippen LogP contribution in [0.1, 0.15) is 30.9 Å². The molecule has 1 aromatic carbocycles. The maximum Gasteiger partial charge on any atom is 0.163 e. The minimum Gasteiger partial charge on any atom is -0.377 e. The summed E-state index contributed by atoms with van der Waals surface area (Å²) in [6.45, 7) is 2.55. The Kier molecular flexibility index (Phi) is 6.08. The molecule has 2 atom stereocenters. The van der Waals surface area contributed by atoms with Crippen molar-refractivity contribution in [2.24, 2.45) is 0 Å². The van der Waals surface area contributed by atoms with E-state index in [4.69, 9.17) is 4.74 Å². The van der Waals surface area contributed by atoms with Gasteiger partial charge in [-0.2, -0.15) is 0 Å². The van der Waals surface area contributed by atoms with E-state index >= 15 is 0 Å². The summed E-state index contributed by atoms with van der Waals surface area (Å²) < 4.78 is 32.8. The predicted molar refractivity (Wildman–Crippen MR) is 79.2 cm³/mol. The zero-order valence-corrected chi connectivity index (χ0v) is 12.7. The van der Waals surface area contributed by atoms with Crippen LogP contribution in [0.4, 0.5) is 8.78 Å². The first-order chi connectivity index (χ1) is 10.1. The Morgan fingerprint density at radius 1 is 1.43 bits per heavy atom. The lowest BCUT2D eigenvalue weighted by molar-refractivity contribution is 0.0801. The molecule has 0 saturated carbocycles. The fourth-order valence-electron chi connectivity index (χ4n) is 2.82. The van der Waals surface area contributed by atoms with E-state index in [1.54, 1.807) is 19.2 Å². The highest BCUT2D eigenvalue weighted by Crippen LogP contribution is 2.22. The van der Waals surface area contributed by atoms with Crippen LogP contribution >= 0.6 is 0 Å². The maximum atomic E-state index is 13.8. The largest absolute Gasteiger partial charge is 0.377 e. The Morgan fingerprint density at radius 2 is 2.24 bits per heavy atom. The first kappa shape index (κ1) is 16.3. The van der Waals surface area contributed by atoms with Crippen LogP contribution < -0.4 is 5.32 Å². The molecule has 1 N–H and O–H groups in total. The Morgan fingerprint density at radius 3 is 2.90 bits per heavy atom. The third kappa shape index (κ3) is 4.46. The second-order valence-electron chi connectivity index (χ2n) is 5.67. The summed E-state index contributed by atoms with van der Waals surface area (Å²) >= 11 is 0. The topological polar surface area (TPSA) is 24.5 Å². The van der Waals surface area contributed by atoms with Crippen molar-refractivity contribution in [1.29, 1.82) is 0 Å². The summed E-state index contributed by atoms with van der Waals surface area (Å²) in [5.74, 6) is -1.54. The summed E-state index contributed by atoms with van der Waals surface area (Å²) in [5, 5.41) is 3.07. The molecule has 2 rings (SSSR count). The standard InChI is InChI=1S/C16H24F2N2O/c1-19-15(13-6-3-7-14(17)16(13)18)8-9-20(2)11-12-5-4-10-21-12/h3,6-7,12,15,19H,4-5,8-11H2,1-2H3. The van der Waals surface area contributed by atoms with Crippen molar-refractivity contribution >= 4 is 0 Å². The van der Waals surface area contributed by atoms with E-state index in [0.717, 1.165) is 45.0 Å². The highest BCUT2D eigenvalue weighted by atomic mass is 19.2. The quantitative estimate of drug-likeness (QED) is 0.837. The molecule has 0 amide bonds. The molecular formula is C16H24F2N2O. The minimum absolute atomic E-state index is 0.187. The van der Waals surface area contributed by atoms with E-state index in [0.29, 0.717) is 11.7 Å². The number of likely N-dealkylation sites (N-methyl/N-ethyl adjacent to an activating group) is 1. The molecule has 1 saturated heterocycles. The van der Waals surface area contributed by atoms with Crippen LogP contribution in [0.15, 0.2) is 18.2 Å². The normalized spacial score (nSPS) is 20.1. The lowest BCUT2D eigenvalue weighted by atomic mass is 10.0. The van der Waals surface area contributed by atoms with E-state index in [2.05, 4.69) is 10.2 Å². The van der Waals surface area contributed by atoms with E-state index in [1.807, 2.05) is 7.05 Å². The molecule has 0 radical (unpaired) electrons. The van der Waals surface area contributed by atoms with Crippen LogP contribution in [0.5, 0.6) is 0 Å². The van der Waals surface area contributed by atoms with E-state index in [1.165, 1.54) is 0 Å². The summed E-state index contributed by atoms with van der Waals surface area (Å²) in [6.07, 6.45) is 3.28. The first-order valence-corrected chi connectivity index (χ1v) is 7.53. The van der Waals surface area contributed by atoms with Crippen molar-refractivity contribution in [3.8, 4) is 0 Å². The maximum absolute atomic E-state index is 13.8. The lowest BCUT2D eigenvalue weighted by Gasteiger charge is -2.24. The third-order valence-corrected chi connectivity index (χ3v) is 4.04. The van der Waals surface area contributed by atoms with Crippen LogP contribution in [-0.4, -0.2) is 44.8 Å². The molecule has 5 heteroatoms. The lowest BCUT2D eigenvalue weighted by Crippen LogP contribution is -2.32. The zero-order chi connectivity index (χ0) is 15.2. The van der Waals surface area contributed by atoms with Gasteiger partial charge in [0.1, 0.15) is 0 Å². The predicted octanol–water partition coefficient (Wildman–Crippen LogP) is 2.73. The number of ether oxygens (including phenoxy) is 1. The Hall–Kier alpha value is -1.04. The monoisotopic (exact) mass is 298 g/mol. The molecule has 3 nitrogen and oxygen atoms in total. The van der Waals surface area contributed by atoms with Gasteiger partial charge < -0.3 is 15.0 Å². The smallest absolute Gasteiger partial charge is 0.163 e. The highest BCUT2D eigenvalue weighted by Gasteiger charge is 2.20. The van der Waals surface area contributed by atoms with Gasteiger partial charge in [-0.3, -0.25) is 0 Å². The van der Waals surface area contributed by atoms with E-state index in [-0.39, 0.29) is 6.04 Å². The molecular weight excluding hydrogens is 274 g/mol. The fraction of sp³-hybridized carbons (Fsp3) is 0.625. The molecule has 0 bridgehead atoms. The van der Waals surface area contributed by atoms with Gasteiger partial charge in [-0.15, -0.1) is 0 Å². The van der Waals surface area contributed by atoms with Crippen LogP contribution in [0.2, 0.25) is 0 Å². The molecule has 1 aromatic rings. The molecule has 1 fully saturated rings. The summed E-state index contributed by atoms with van der Waals surface area (Å²) in [5.41, 5.74) is 0.392. The number of rotatable bonds is 7. The number of halogens is 2. The van der Waals surface area contributed by atoms with Gasteiger partial charge in [0.05, 0.1) is 6.10 Å². The van der Waals surface area contributed by atoms with Crippen molar-refractivity contribution in [1.82, 2.24) is 10.2 Å². The van der Waals surface area contributed by atoms with Gasteiger partial charge in [-0.05, 0) is 46.0 Å². The number of hydrogen-bond donors (Lipinski definition) is 1. The average molecular weight is 298 g/mol. The number of nitrogens with zero attached hydrogens (tertiary/aromatic N) is 1. The number of nitrogens with one attached hydrogen (secondary N) is 1. The highest BCUT2D eigenvalue weighted by molar-refractivity contribution is 5.22. The third-order valence-electron chi connectivity index (χ3n) is 4.04. The van der Waals surface area contributed by atoms with Gasteiger partial charge >= 0.3 is 0 Å². The minimum atomic E-state index is -0.791. The van der Waals surface area contributed by atoms with Gasteiger partial charge in [0, 0.05) is 24.8 Å². The van der Waals surface area contributed by atoms with Gasteiger partial charge in [0.15, 0.2) is 11.6 Å². The van der Waals surface area contributed by atoms with E-state index in [9.17, 15) is 8.78 Å². The first-order valence-electron chi connectivity index (χ1n) is 7.53. The van der Waals surface area contributed by atoms with Gasteiger partial charge in [0.2, 0.25) is 0 Å². The molecule has 118 valence electrons. The van der Waals surface area contributed by atoms with Gasteiger partial charge in [-0.1, -0.05) is 12.1 Å². The summed E-state index contributed by atoms with van der Waals surface area (Å²) in [6, 6.07) is 4.15. The molecule has 0 spiro atoms. The van der Waals surface area contributed by atoms with Crippen LogP contribution in [0.3, 0.4) is 0 Å². The molecule has 0 aliphatic carbocycles. The SMILES string of the molecule is CNC(CCN(C)CC1CCCO1)c1cccc(F)c1F. The Bertz CT molecular complexity index is 450. The Balaban J connectivity index is 1.88. The van der Waals surface area contributed by atoms with Crippen LogP contribution in [-0.2, 0) is 4.74 Å². The summed E-state index contributed by atoms with van der Waals surface area (Å²) in [7, 11) is 3.81. The van der Waals surface area contributed by atoms with Crippen LogP contribution in [0.25, 0.3) is 0 Å². The molecule has 1 aliphatic heterocycles. The molecule has 21 heavy (non-hydrogen) atoms. The average Bonchev–Trinajstić information content (AvgIpc) is 2.96. The second kappa shape index (κ2) is 7.82. The zero-order valence-electron chi connectivity index (χ0n) is 12.7. The fourth-order valence-corrected chi connectivity index (χ4v) is 2.82. The van der Waals surface area contributed by atoms with Crippen molar-refractivity contribution in [3.63, 3.8) is 0 Å². The van der Waals surface area contributed by atoms with Crippen molar-refractivity contribution in [2.75, 3.05) is 33.8 Å². The molecule has 1 aliphatic rings. The Labute approximate surface area is 125 Å².